The van der Waals surface area contributed by atoms with Gasteiger partial charge in [-0.2, -0.15) is 0 Å². The molecule has 0 heterocycles. The van der Waals surface area contributed by atoms with Gasteiger partial charge in [-0.1, -0.05) is 0 Å². The molecular weight excluding hydrogens is 180 g/mol. The zero-order valence-corrected chi connectivity index (χ0v) is 9.45. The van der Waals surface area contributed by atoms with Crippen molar-refractivity contribution in [1.82, 2.24) is 0 Å². The van der Waals surface area contributed by atoms with Crippen LogP contribution in [0.1, 0.15) is 34.1 Å². The molecule has 3 nitrogen and oxygen atoms in total. The van der Waals surface area contributed by atoms with Crippen molar-refractivity contribution in [3.05, 3.63) is 24.7 Å². The summed E-state index contributed by atoms with van der Waals surface area (Å²) in [6, 6.07) is 0. The molecule has 0 N–H and O–H groups in total. The van der Waals surface area contributed by atoms with Gasteiger partial charge in [0, 0.05) is 0 Å². The van der Waals surface area contributed by atoms with E-state index in [1.54, 1.807) is 6.08 Å². The first-order valence-electron chi connectivity index (χ1n) is 4.78. The lowest BCUT2D eigenvalue weighted by Gasteiger charge is -2.18. The second kappa shape index (κ2) is 7.44. The normalized spacial score (nSPS) is 12.6. The highest BCUT2D eigenvalue weighted by Crippen LogP contribution is 2.06. The third kappa shape index (κ3) is 11.0. The summed E-state index contributed by atoms with van der Waals surface area (Å²) >= 11 is 0. The van der Waals surface area contributed by atoms with Crippen LogP contribution in [0.4, 0.5) is 0 Å². The molecule has 3 heteroatoms. The van der Waals surface area contributed by atoms with E-state index in [1.165, 1.54) is 12.5 Å². The van der Waals surface area contributed by atoms with Crippen molar-refractivity contribution in [3.8, 4) is 0 Å². The Morgan fingerprint density at radius 3 is 2.29 bits per heavy atom. The fraction of sp³-hybridized carbons (Fsp3) is 0.636. The Bertz CT molecular complexity index is 177. The van der Waals surface area contributed by atoms with E-state index in [9.17, 15) is 0 Å². The number of hydrogen-bond acceptors (Lipinski definition) is 3. The van der Waals surface area contributed by atoms with E-state index >= 15 is 0 Å². The minimum Gasteiger partial charge on any atom is -0.376 e. The van der Waals surface area contributed by atoms with Gasteiger partial charge in [0.15, 0.2) is 0 Å². The maximum Gasteiger partial charge on any atom is 0.138 e. The average molecular weight is 200 g/mol. The second-order valence-electron chi connectivity index (χ2n) is 3.78. The molecule has 0 amide bonds. The summed E-state index contributed by atoms with van der Waals surface area (Å²) in [5.74, 6) is 0. The lowest BCUT2D eigenvalue weighted by atomic mass is 10.2. The van der Waals surface area contributed by atoms with Crippen molar-refractivity contribution in [3.63, 3.8) is 0 Å². The highest BCUT2D eigenvalue weighted by Gasteiger charge is 2.07. The topological polar surface area (TPSA) is 27.7 Å². The van der Waals surface area contributed by atoms with E-state index < -0.39 is 0 Å². The molecule has 0 aliphatic heterocycles. The maximum absolute atomic E-state index is 5.50. The lowest BCUT2D eigenvalue weighted by Crippen LogP contribution is -2.19. The van der Waals surface area contributed by atoms with Crippen molar-refractivity contribution in [2.75, 3.05) is 6.61 Å². The monoisotopic (exact) mass is 200 g/mol. The third-order valence-electron chi connectivity index (χ3n) is 1.22. The van der Waals surface area contributed by atoms with E-state index in [4.69, 9.17) is 4.74 Å². The Morgan fingerprint density at radius 2 is 1.71 bits per heavy atom. The van der Waals surface area contributed by atoms with Crippen LogP contribution in [-0.2, 0) is 14.5 Å². The van der Waals surface area contributed by atoms with Gasteiger partial charge in [0.1, 0.15) is 12.5 Å². The summed E-state index contributed by atoms with van der Waals surface area (Å²) in [4.78, 5) is 9.31. The molecule has 0 aromatic heterocycles. The molecule has 0 rings (SSSR count). The van der Waals surface area contributed by atoms with E-state index in [1.807, 2.05) is 33.8 Å². The van der Waals surface area contributed by atoms with Gasteiger partial charge < -0.3 is 4.74 Å². The second-order valence-corrected chi connectivity index (χ2v) is 3.78. The Kier molecular flexibility index (Phi) is 6.93. The molecule has 0 saturated carbocycles. The summed E-state index contributed by atoms with van der Waals surface area (Å²) in [6.07, 6.45) is 7.39. The van der Waals surface area contributed by atoms with Gasteiger partial charge in [0.05, 0.1) is 12.2 Å². The molecule has 0 aromatic rings. The Balaban J connectivity index is 3.27. The molecule has 0 aliphatic rings. The van der Waals surface area contributed by atoms with E-state index in [0.717, 1.165) is 6.42 Å². The quantitative estimate of drug-likeness (QED) is 0.285. The highest BCUT2D eigenvalue weighted by atomic mass is 17.2. The molecule has 0 saturated heterocycles. The SMILES string of the molecule is CC=COOC=CCCOC(C)(C)C. The summed E-state index contributed by atoms with van der Waals surface area (Å²) in [7, 11) is 0. The molecular formula is C11H20O3. The Hall–Kier alpha value is -0.960. The minimum atomic E-state index is -0.0733. The number of allylic oxidation sites excluding steroid dienone is 1. The zero-order chi connectivity index (χ0) is 10.9. The van der Waals surface area contributed by atoms with Gasteiger partial charge in [0.25, 0.3) is 0 Å². The molecule has 0 bridgehead atoms. The summed E-state index contributed by atoms with van der Waals surface area (Å²) in [5, 5.41) is 0. The molecule has 0 unspecified atom stereocenters. The van der Waals surface area contributed by atoms with Crippen molar-refractivity contribution in [1.29, 1.82) is 0 Å². The van der Waals surface area contributed by atoms with Crippen LogP contribution in [0.2, 0.25) is 0 Å². The molecule has 0 aliphatic carbocycles. The van der Waals surface area contributed by atoms with Crippen LogP contribution in [0.15, 0.2) is 24.7 Å². The Labute approximate surface area is 86.3 Å². The summed E-state index contributed by atoms with van der Waals surface area (Å²) < 4.78 is 5.50. The zero-order valence-electron chi connectivity index (χ0n) is 9.45. The molecule has 14 heavy (non-hydrogen) atoms. The molecule has 0 radical (unpaired) electrons. The molecule has 0 atom stereocenters. The number of hydrogen-bond donors (Lipinski definition) is 0. The first-order valence-corrected chi connectivity index (χ1v) is 4.78. The largest absolute Gasteiger partial charge is 0.376 e. The highest BCUT2D eigenvalue weighted by molar-refractivity contribution is 4.73. The fourth-order valence-electron chi connectivity index (χ4n) is 0.660. The first kappa shape index (κ1) is 13.0. The van der Waals surface area contributed by atoms with E-state index in [2.05, 4.69) is 9.78 Å². The van der Waals surface area contributed by atoms with Crippen molar-refractivity contribution in [2.24, 2.45) is 0 Å². The maximum atomic E-state index is 5.50. The van der Waals surface area contributed by atoms with Crippen LogP contribution >= 0.6 is 0 Å². The predicted molar refractivity (Wildman–Crippen MR) is 56.4 cm³/mol. The van der Waals surface area contributed by atoms with E-state index in [0.29, 0.717) is 6.61 Å². The van der Waals surface area contributed by atoms with E-state index in [-0.39, 0.29) is 5.60 Å². The van der Waals surface area contributed by atoms with Gasteiger partial charge in [0.2, 0.25) is 0 Å². The van der Waals surface area contributed by atoms with Crippen LogP contribution in [0.5, 0.6) is 0 Å². The van der Waals surface area contributed by atoms with Crippen molar-refractivity contribution < 1.29 is 14.5 Å². The van der Waals surface area contributed by atoms with Gasteiger partial charge >= 0.3 is 0 Å². The van der Waals surface area contributed by atoms with Crippen LogP contribution in [0.25, 0.3) is 0 Å². The summed E-state index contributed by atoms with van der Waals surface area (Å²) in [5.41, 5.74) is -0.0733. The van der Waals surface area contributed by atoms with Crippen molar-refractivity contribution >= 4 is 0 Å². The standard InChI is InChI=1S/C11H20O3/c1-5-8-13-14-10-7-6-9-12-11(2,3)4/h5,7-8,10H,6,9H2,1-4H3. The smallest absolute Gasteiger partial charge is 0.138 e. The van der Waals surface area contributed by atoms with Crippen LogP contribution in [0.3, 0.4) is 0 Å². The number of rotatable bonds is 6. The van der Waals surface area contributed by atoms with Crippen LogP contribution < -0.4 is 0 Å². The number of ether oxygens (including phenoxy) is 1. The fourth-order valence-corrected chi connectivity index (χ4v) is 0.660. The van der Waals surface area contributed by atoms with Gasteiger partial charge in [-0.25, -0.2) is 0 Å². The van der Waals surface area contributed by atoms with Gasteiger partial charge in [-0.3, -0.25) is 9.78 Å². The third-order valence-corrected chi connectivity index (χ3v) is 1.22. The molecule has 0 aromatic carbocycles. The minimum absolute atomic E-state index is 0.0733. The first-order chi connectivity index (χ1) is 6.56. The van der Waals surface area contributed by atoms with Crippen molar-refractivity contribution in [2.45, 2.75) is 39.7 Å². The van der Waals surface area contributed by atoms with Gasteiger partial charge in [-0.15, -0.1) is 0 Å². The lowest BCUT2D eigenvalue weighted by molar-refractivity contribution is -0.196. The predicted octanol–water partition coefficient (Wildman–Crippen LogP) is 3.19. The molecule has 0 fully saturated rings. The van der Waals surface area contributed by atoms with Crippen LogP contribution in [0, 0.1) is 0 Å². The average Bonchev–Trinajstić information content (AvgIpc) is 2.08. The Morgan fingerprint density at radius 1 is 1.07 bits per heavy atom. The molecule has 82 valence electrons. The molecule has 0 spiro atoms. The summed E-state index contributed by atoms with van der Waals surface area (Å²) in [6.45, 7) is 8.63. The van der Waals surface area contributed by atoms with Crippen LogP contribution in [-0.4, -0.2) is 12.2 Å². The van der Waals surface area contributed by atoms with Gasteiger partial charge in [-0.05, 0) is 46.3 Å².